The number of fused-ring (bicyclic) bond motifs is 1. The lowest BCUT2D eigenvalue weighted by molar-refractivity contribution is -0.120. The molecule has 1 aromatic heterocycles. The fourth-order valence-corrected chi connectivity index (χ4v) is 4.09. The number of nitrogens with two attached hydrogens (primary N) is 1. The highest BCUT2D eigenvalue weighted by atomic mass is 35.5. The highest BCUT2D eigenvalue weighted by molar-refractivity contribution is 8.00. The molecule has 2 rings (SSSR count). The molecule has 3 N–H and O–H groups in total. The van der Waals surface area contributed by atoms with Crippen LogP contribution in [0.1, 0.15) is 22.1 Å². The van der Waals surface area contributed by atoms with Crippen LogP contribution in [-0.2, 0) is 11.2 Å². The van der Waals surface area contributed by atoms with E-state index in [0.29, 0.717) is 13.1 Å². The number of nitrogens with one attached hydrogen (secondary N) is 1. The standard InChI is InChI=1S/C11H16N2OS2.ClH/c12-4-1-5-13-11(14)10-8-2-6-15-9(8)3-7-16-10;/h2,6,10H,1,3-5,7,12H2,(H,13,14);1H. The number of carbonyl (C=O) groups is 1. The van der Waals surface area contributed by atoms with E-state index in [-0.39, 0.29) is 23.6 Å². The lowest BCUT2D eigenvalue weighted by atomic mass is 10.1. The number of hydrogen-bond donors (Lipinski definition) is 2. The van der Waals surface area contributed by atoms with Crippen LogP contribution in [0.4, 0.5) is 0 Å². The van der Waals surface area contributed by atoms with Crippen LogP contribution in [0.5, 0.6) is 0 Å². The van der Waals surface area contributed by atoms with Crippen molar-refractivity contribution >= 4 is 41.4 Å². The zero-order chi connectivity index (χ0) is 11.4. The average molecular weight is 293 g/mol. The van der Waals surface area contributed by atoms with Crippen LogP contribution in [0.25, 0.3) is 0 Å². The number of rotatable bonds is 4. The third-order valence-electron chi connectivity index (χ3n) is 2.59. The second kappa shape index (κ2) is 7.26. The zero-order valence-corrected chi connectivity index (χ0v) is 11.9. The van der Waals surface area contributed by atoms with E-state index in [0.717, 1.165) is 18.6 Å². The van der Waals surface area contributed by atoms with E-state index in [1.807, 2.05) is 0 Å². The maximum atomic E-state index is 12.0. The Morgan fingerprint density at radius 3 is 3.18 bits per heavy atom. The minimum Gasteiger partial charge on any atom is -0.355 e. The van der Waals surface area contributed by atoms with Gasteiger partial charge < -0.3 is 11.1 Å². The average Bonchev–Trinajstić information content (AvgIpc) is 2.76. The fraction of sp³-hybridized carbons (Fsp3) is 0.545. The molecule has 0 radical (unpaired) electrons. The van der Waals surface area contributed by atoms with Gasteiger partial charge in [0.1, 0.15) is 5.25 Å². The SMILES string of the molecule is Cl.NCCCNC(=O)C1SCCc2sccc21. The maximum absolute atomic E-state index is 12.0. The monoisotopic (exact) mass is 292 g/mol. The van der Waals surface area contributed by atoms with Gasteiger partial charge in [-0.15, -0.1) is 35.5 Å². The van der Waals surface area contributed by atoms with Crippen molar-refractivity contribution in [2.45, 2.75) is 18.1 Å². The number of amides is 1. The molecule has 3 nitrogen and oxygen atoms in total. The van der Waals surface area contributed by atoms with Gasteiger partial charge in [-0.3, -0.25) is 4.79 Å². The Balaban J connectivity index is 0.00000144. The lowest BCUT2D eigenvalue weighted by Gasteiger charge is -2.21. The summed E-state index contributed by atoms with van der Waals surface area (Å²) in [6.07, 6.45) is 1.95. The summed E-state index contributed by atoms with van der Waals surface area (Å²) in [4.78, 5) is 13.3. The first-order chi connectivity index (χ1) is 7.83. The molecule has 1 aliphatic rings. The van der Waals surface area contributed by atoms with Crippen LogP contribution in [0.15, 0.2) is 11.4 Å². The molecule has 0 bridgehead atoms. The number of thiophene rings is 1. The summed E-state index contributed by atoms with van der Waals surface area (Å²) in [6.45, 7) is 1.31. The first-order valence-electron chi connectivity index (χ1n) is 5.48. The highest BCUT2D eigenvalue weighted by Gasteiger charge is 2.27. The predicted molar refractivity (Wildman–Crippen MR) is 77.2 cm³/mol. The maximum Gasteiger partial charge on any atom is 0.237 e. The van der Waals surface area contributed by atoms with Gasteiger partial charge in [-0.1, -0.05) is 0 Å². The van der Waals surface area contributed by atoms with Crippen LogP contribution >= 0.6 is 35.5 Å². The van der Waals surface area contributed by atoms with Crippen LogP contribution in [0, 0.1) is 0 Å². The third-order valence-corrected chi connectivity index (χ3v) is 4.83. The quantitative estimate of drug-likeness (QED) is 0.834. The number of thioether (sulfide) groups is 1. The van der Waals surface area contributed by atoms with Crippen molar-refractivity contribution in [2.75, 3.05) is 18.8 Å². The Morgan fingerprint density at radius 2 is 2.41 bits per heavy atom. The summed E-state index contributed by atoms with van der Waals surface area (Å²) in [5.41, 5.74) is 6.61. The van der Waals surface area contributed by atoms with Gasteiger partial charge in [-0.25, -0.2) is 0 Å². The van der Waals surface area contributed by atoms with Crippen LogP contribution in [-0.4, -0.2) is 24.7 Å². The second-order valence-electron chi connectivity index (χ2n) is 3.73. The van der Waals surface area contributed by atoms with Gasteiger partial charge in [0.25, 0.3) is 0 Å². The largest absolute Gasteiger partial charge is 0.355 e. The molecule has 1 unspecified atom stereocenters. The molecule has 6 heteroatoms. The minimum absolute atomic E-state index is 0. The Kier molecular flexibility index (Phi) is 6.33. The van der Waals surface area contributed by atoms with E-state index in [4.69, 9.17) is 5.73 Å². The number of hydrogen-bond acceptors (Lipinski definition) is 4. The van der Waals surface area contributed by atoms with Crippen molar-refractivity contribution in [1.29, 1.82) is 0 Å². The van der Waals surface area contributed by atoms with Crippen molar-refractivity contribution in [3.05, 3.63) is 21.9 Å². The van der Waals surface area contributed by atoms with Crippen molar-refractivity contribution in [3.8, 4) is 0 Å². The lowest BCUT2D eigenvalue weighted by Crippen LogP contribution is -2.31. The number of carbonyl (C=O) groups excluding carboxylic acids is 1. The van der Waals surface area contributed by atoms with Crippen molar-refractivity contribution in [3.63, 3.8) is 0 Å². The summed E-state index contributed by atoms with van der Waals surface area (Å²) in [7, 11) is 0. The van der Waals surface area contributed by atoms with Crippen LogP contribution < -0.4 is 11.1 Å². The van der Waals surface area contributed by atoms with Crippen molar-refractivity contribution < 1.29 is 4.79 Å². The predicted octanol–water partition coefficient (Wildman–Crippen LogP) is 1.97. The molecule has 0 saturated carbocycles. The number of halogens is 1. The molecule has 1 atom stereocenters. The van der Waals surface area contributed by atoms with Gasteiger partial charge in [0.05, 0.1) is 0 Å². The Morgan fingerprint density at radius 1 is 1.59 bits per heavy atom. The molecular formula is C11H17ClN2OS2. The third kappa shape index (κ3) is 3.61. The molecule has 2 heterocycles. The Hall–Kier alpha value is -0.230. The van der Waals surface area contributed by atoms with Gasteiger partial charge in [-0.05, 0) is 42.1 Å². The van der Waals surface area contributed by atoms with E-state index in [9.17, 15) is 4.79 Å². The van der Waals surface area contributed by atoms with Gasteiger partial charge in [-0.2, -0.15) is 0 Å². The highest BCUT2D eigenvalue weighted by Crippen LogP contribution is 2.39. The van der Waals surface area contributed by atoms with Crippen molar-refractivity contribution in [2.24, 2.45) is 5.73 Å². The zero-order valence-electron chi connectivity index (χ0n) is 9.48. The van der Waals surface area contributed by atoms with E-state index in [1.165, 1.54) is 10.4 Å². The first kappa shape index (κ1) is 14.8. The smallest absolute Gasteiger partial charge is 0.237 e. The van der Waals surface area contributed by atoms with Gasteiger partial charge in [0.2, 0.25) is 5.91 Å². The topological polar surface area (TPSA) is 55.1 Å². The molecule has 0 aliphatic carbocycles. The molecule has 0 spiro atoms. The van der Waals surface area contributed by atoms with Gasteiger partial charge in [0, 0.05) is 11.4 Å². The summed E-state index contributed by atoms with van der Waals surface area (Å²) in [5.74, 6) is 1.18. The molecule has 1 aromatic rings. The van der Waals surface area contributed by atoms with E-state index < -0.39 is 0 Å². The summed E-state index contributed by atoms with van der Waals surface area (Å²) in [5, 5.41) is 5.02. The van der Waals surface area contributed by atoms with E-state index >= 15 is 0 Å². The van der Waals surface area contributed by atoms with E-state index in [2.05, 4.69) is 16.8 Å². The molecular weight excluding hydrogens is 276 g/mol. The Bertz CT molecular complexity index is 370. The summed E-state index contributed by atoms with van der Waals surface area (Å²) >= 11 is 3.50. The molecule has 1 aliphatic heterocycles. The van der Waals surface area contributed by atoms with Gasteiger partial charge >= 0.3 is 0 Å². The van der Waals surface area contributed by atoms with Crippen LogP contribution in [0.3, 0.4) is 0 Å². The Labute approximate surface area is 116 Å². The fourth-order valence-electron chi connectivity index (χ4n) is 1.77. The molecule has 17 heavy (non-hydrogen) atoms. The van der Waals surface area contributed by atoms with Crippen LogP contribution in [0.2, 0.25) is 0 Å². The molecule has 1 amide bonds. The summed E-state index contributed by atoms with van der Waals surface area (Å²) < 4.78 is 0. The minimum atomic E-state index is -0.00669. The second-order valence-corrected chi connectivity index (χ2v) is 5.95. The normalized spacial score (nSPS) is 18.1. The molecule has 0 fully saturated rings. The van der Waals surface area contributed by atoms with Gasteiger partial charge in [0.15, 0.2) is 0 Å². The molecule has 96 valence electrons. The molecule has 0 aromatic carbocycles. The number of aryl methyl sites for hydroxylation is 1. The van der Waals surface area contributed by atoms with E-state index in [1.54, 1.807) is 23.1 Å². The summed E-state index contributed by atoms with van der Waals surface area (Å²) in [6, 6.07) is 2.08. The first-order valence-corrected chi connectivity index (χ1v) is 7.41. The van der Waals surface area contributed by atoms with Crippen molar-refractivity contribution in [1.82, 2.24) is 5.32 Å². The molecule has 0 saturated heterocycles.